The summed E-state index contributed by atoms with van der Waals surface area (Å²) < 4.78 is 0.714. The molecule has 1 aromatic rings. The topological polar surface area (TPSA) is 49.4 Å². The largest absolute Gasteiger partial charge is 0.351 e. The minimum absolute atomic E-state index is 0.00141. The molecule has 1 aliphatic heterocycles. The first-order valence-corrected chi connectivity index (χ1v) is 7.67. The molecule has 21 heavy (non-hydrogen) atoms. The van der Waals surface area contributed by atoms with E-state index in [4.69, 9.17) is 0 Å². The summed E-state index contributed by atoms with van der Waals surface area (Å²) in [7, 11) is 0. The van der Waals surface area contributed by atoms with Gasteiger partial charge in [-0.2, -0.15) is 0 Å². The van der Waals surface area contributed by atoms with Gasteiger partial charge in [-0.05, 0) is 31.0 Å². The third-order valence-electron chi connectivity index (χ3n) is 3.82. The van der Waals surface area contributed by atoms with Gasteiger partial charge >= 0.3 is 0 Å². The van der Waals surface area contributed by atoms with Gasteiger partial charge in [0.05, 0.1) is 5.92 Å². The molecule has 4 nitrogen and oxygen atoms in total. The van der Waals surface area contributed by atoms with Crippen molar-refractivity contribution in [3.05, 3.63) is 40.4 Å². The van der Waals surface area contributed by atoms with Crippen molar-refractivity contribution in [1.29, 1.82) is 0 Å². The van der Waals surface area contributed by atoms with Crippen molar-refractivity contribution in [2.24, 2.45) is 5.92 Å². The Labute approximate surface area is 133 Å². The predicted octanol–water partition coefficient (Wildman–Crippen LogP) is 2.68. The van der Waals surface area contributed by atoms with Crippen molar-refractivity contribution >= 4 is 33.4 Å². The maximum Gasteiger partial charge on any atom is 0.227 e. The number of hydrogen-bond acceptors (Lipinski definition) is 2. The number of rotatable bonds is 4. The fourth-order valence-corrected chi connectivity index (χ4v) is 2.61. The van der Waals surface area contributed by atoms with Crippen molar-refractivity contribution in [2.75, 3.05) is 18.0 Å². The molecule has 112 valence electrons. The SMILES string of the molecule is C=C(Br)CNC(=O)C1CC(=O)N(c2cccc(C)c2C)C1. The van der Waals surface area contributed by atoms with E-state index in [-0.39, 0.29) is 24.2 Å². The molecule has 1 unspecified atom stereocenters. The Kier molecular flexibility index (Phi) is 4.83. The van der Waals surface area contributed by atoms with Crippen LogP contribution in [0.2, 0.25) is 0 Å². The number of amides is 2. The molecule has 0 aliphatic carbocycles. The lowest BCUT2D eigenvalue weighted by atomic mass is 10.1. The zero-order valence-corrected chi connectivity index (χ0v) is 13.9. The van der Waals surface area contributed by atoms with Crippen LogP contribution in [0, 0.1) is 19.8 Å². The van der Waals surface area contributed by atoms with Crippen LogP contribution in [0.4, 0.5) is 5.69 Å². The number of halogens is 1. The summed E-state index contributed by atoms with van der Waals surface area (Å²) in [4.78, 5) is 26.0. The van der Waals surface area contributed by atoms with Gasteiger partial charge in [-0.3, -0.25) is 9.59 Å². The van der Waals surface area contributed by atoms with Crippen LogP contribution in [0.15, 0.2) is 29.3 Å². The Morgan fingerprint density at radius 2 is 2.19 bits per heavy atom. The molecule has 0 spiro atoms. The van der Waals surface area contributed by atoms with E-state index in [2.05, 4.69) is 27.8 Å². The van der Waals surface area contributed by atoms with Crippen LogP contribution < -0.4 is 10.2 Å². The molecule has 0 saturated carbocycles. The van der Waals surface area contributed by atoms with E-state index in [1.165, 1.54) is 0 Å². The molecule has 1 aliphatic rings. The summed E-state index contributed by atoms with van der Waals surface area (Å²) in [5.41, 5.74) is 3.13. The van der Waals surface area contributed by atoms with Crippen LogP contribution in [0.25, 0.3) is 0 Å². The molecule has 1 heterocycles. The van der Waals surface area contributed by atoms with Crippen LogP contribution in [0.5, 0.6) is 0 Å². The molecule has 0 aromatic heterocycles. The Morgan fingerprint density at radius 3 is 2.86 bits per heavy atom. The van der Waals surface area contributed by atoms with Gasteiger partial charge in [0, 0.05) is 29.7 Å². The first kappa shape index (κ1) is 15.8. The molecular weight excluding hydrogens is 332 g/mol. The van der Waals surface area contributed by atoms with Gasteiger partial charge in [0.25, 0.3) is 0 Å². The number of hydrogen-bond donors (Lipinski definition) is 1. The van der Waals surface area contributed by atoms with Crippen molar-refractivity contribution < 1.29 is 9.59 Å². The minimum Gasteiger partial charge on any atom is -0.351 e. The third kappa shape index (κ3) is 3.53. The third-order valence-corrected chi connectivity index (χ3v) is 4.10. The number of carbonyl (C=O) groups is 2. The molecule has 1 saturated heterocycles. The summed E-state index contributed by atoms with van der Waals surface area (Å²) in [5.74, 6) is -0.400. The highest BCUT2D eigenvalue weighted by Gasteiger charge is 2.35. The molecule has 1 aromatic carbocycles. The highest BCUT2D eigenvalue weighted by atomic mass is 79.9. The molecule has 0 bridgehead atoms. The molecule has 1 fully saturated rings. The van der Waals surface area contributed by atoms with Crippen molar-refractivity contribution in [3.63, 3.8) is 0 Å². The smallest absolute Gasteiger partial charge is 0.227 e. The normalized spacial score (nSPS) is 18.0. The fourth-order valence-electron chi connectivity index (χ4n) is 2.47. The summed E-state index contributed by atoms with van der Waals surface area (Å²) in [5, 5.41) is 2.78. The minimum atomic E-state index is -0.302. The second-order valence-corrected chi connectivity index (χ2v) is 6.48. The summed E-state index contributed by atoms with van der Waals surface area (Å²) >= 11 is 3.20. The second-order valence-electron chi connectivity index (χ2n) is 5.36. The lowest BCUT2D eigenvalue weighted by Gasteiger charge is -2.20. The number of carbonyl (C=O) groups excluding carboxylic acids is 2. The number of nitrogens with zero attached hydrogens (tertiary/aromatic N) is 1. The van der Waals surface area contributed by atoms with E-state index in [1.54, 1.807) is 4.90 Å². The highest BCUT2D eigenvalue weighted by molar-refractivity contribution is 9.11. The van der Waals surface area contributed by atoms with Crippen LogP contribution in [-0.2, 0) is 9.59 Å². The van der Waals surface area contributed by atoms with Crippen LogP contribution in [0.1, 0.15) is 17.5 Å². The molecule has 5 heteroatoms. The average molecular weight is 351 g/mol. The molecule has 2 amide bonds. The van der Waals surface area contributed by atoms with E-state index in [1.807, 2.05) is 32.0 Å². The number of aryl methyl sites for hydroxylation is 1. The van der Waals surface area contributed by atoms with Crippen LogP contribution in [0.3, 0.4) is 0 Å². The number of nitrogens with one attached hydrogen (secondary N) is 1. The first-order chi connectivity index (χ1) is 9.90. The van der Waals surface area contributed by atoms with Gasteiger partial charge in [0.1, 0.15) is 0 Å². The summed E-state index contributed by atoms with van der Waals surface area (Å²) in [6.45, 7) is 8.51. The van der Waals surface area contributed by atoms with E-state index >= 15 is 0 Å². The van der Waals surface area contributed by atoms with E-state index in [0.29, 0.717) is 17.6 Å². The Morgan fingerprint density at radius 1 is 1.48 bits per heavy atom. The number of anilines is 1. The van der Waals surface area contributed by atoms with Gasteiger partial charge in [0.15, 0.2) is 0 Å². The van der Waals surface area contributed by atoms with E-state index in [0.717, 1.165) is 16.8 Å². The molecule has 1 N–H and O–H groups in total. The fraction of sp³-hybridized carbons (Fsp3) is 0.375. The lowest BCUT2D eigenvalue weighted by molar-refractivity contribution is -0.126. The number of benzene rings is 1. The molecule has 0 radical (unpaired) electrons. The quantitative estimate of drug-likeness (QED) is 0.907. The zero-order valence-electron chi connectivity index (χ0n) is 12.3. The standard InChI is InChI=1S/C16H19BrN2O2/c1-10-5-4-6-14(12(10)3)19-9-13(7-15(19)20)16(21)18-8-11(2)17/h4-6,13H,2,7-9H2,1,3H3,(H,18,21). The highest BCUT2D eigenvalue weighted by Crippen LogP contribution is 2.29. The first-order valence-electron chi connectivity index (χ1n) is 6.87. The van der Waals surface area contributed by atoms with E-state index in [9.17, 15) is 9.59 Å². The van der Waals surface area contributed by atoms with Gasteiger partial charge in [-0.1, -0.05) is 34.6 Å². The van der Waals surface area contributed by atoms with Gasteiger partial charge < -0.3 is 10.2 Å². The lowest BCUT2D eigenvalue weighted by Crippen LogP contribution is -2.33. The summed E-state index contributed by atoms with van der Waals surface area (Å²) in [6.07, 6.45) is 0.258. The Bertz CT molecular complexity index is 598. The summed E-state index contributed by atoms with van der Waals surface area (Å²) in [6, 6.07) is 5.89. The zero-order chi connectivity index (χ0) is 15.6. The van der Waals surface area contributed by atoms with Gasteiger partial charge in [-0.25, -0.2) is 0 Å². The molecular formula is C16H19BrN2O2. The second kappa shape index (κ2) is 6.43. The van der Waals surface area contributed by atoms with Crippen LogP contribution in [-0.4, -0.2) is 24.9 Å². The van der Waals surface area contributed by atoms with Crippen LogP contribution >= 0.6 is 15.9 Å². The molecule has 1 atom stereocenters. The Hall–Kier alpha value is -1.62. The van der Waals surface area contributed by atoms with Gasteiger partial charge in [0.2, 0.25) is 11.8 Å². The van der Waals surface area contributed by atoms with E-state index < -0.39 is 0 Å². The average Bonchev–Trinajstić information content (AvgIpc) is 2.81. The van der Waals surface area contributed by atoms with Crippen molar-refractivity contribution in [3.8, 4) is 0 Å². The van der Waals surface area contributed by atoms with Crippen molar-refractivity contribution in [2.45, 2.75) is 20.3 Å². The maximum atomic E-state index is 12.2. The monoisotopic (exact) mass is 350 g/mol. The molecule has 2 rings (SSSR count). The maximum absolute atomic E-state index is 12.2. The Balaban J connectivity index is 2.11. The predicted molar refractivity (Wildman–Crippen MR) is 87.5 cm³/mol. The van der Waals surface area contributed by atoms with Crippen molar-refractivity contribution in [1.82, 2.24) is 5.32 Å². The van der Waals surface area contributed by atoms with Gasteiger partial charge in [-0.15, -0.1) is 0 Å².